The van der Waals surface area contributed by atoms with Gasteiger partial charge in [0.1, 0.15) is 0 Å². The van der Waals surface area contributed by atoms with E-state index in [0.717, 1.165) is 11.4 Å². The summed E-state index contributed by atoms with van der Waals surface area (Å²) in [7, 11) is -5.47. The van der Waals surface area contributed by atoms with Crippen LogP contribution in [0.2, 0.25) is 0 Å². The fourth-order valence-corrected chi connectivity index (χ4v) is 23.6. The van der Waals surface area contributed by atoms with Crippen LogP contribution in [0.15, 0.2) is 303 Å². The first-order chi connectivity index (χ1) is 37.7. The molecule has 356 valence electrons. The lowest BCUT2D eigenvalue weighted by Gasteiger charge is -2.34. The molecular weight excluding hydrogens is 949 g/mol. The van der Waals surface area contributed by atoms with E-state index in [1.807, 2.05) is 0 Å². The van der Waals surface area contributed by atoms with Crippen LogP contribution in [0.4, 0.5) is 0 Å². The van der Waals surface area contributed by atoms with Gasteiger partial charge in [-0.1, -0.05) is 255 Å². The summed E-state index contributed by atoms with van der Waals surface area (Å²) in [6.07, 6.45) is 0. The fraction of sp³-hybridized carbons (Fsp3) is 0. The number of rotatable bonds is 9. The number of fused-ring (bicyclic) bond motifs is 9. The second kappa shape index (κ2) is 17.7. The number of hydrogen-bond donors (Lipinski definition) is 0. The van der Waals surface area contributed by atoms with Gasteiger partial charge in [0.25, 0.3) is 0 Å². The third-order valence-corrected chi connectivity index (χ3v) is 26.3. The van der Waals surface area contributed by atoms with Crippen molar-refractivity contribution in [3.8, 4) is 33.6 Å². The summed E-state index contributed by atoms with van der Waals surface area (Å²) in [6.45, 7) is 0. The molecule has 15 rings (SSSR count). The maximum Gasteiger partial charge on any atom is 0.181 e. The van der Waals surface area contributed by atoms with Crippen molar-refractivity contribution >= 4 is 101 Å². The van der Waals surface area contributed by atoms with Crippen LogP contribution in [0.1, 0.15) is 0 Å². The number of benzene rings is 12. The van der Waals surface area contributed by atoms with Gasteiger partial charge in [0.05, 0.1) is 22.1 Å². The molecule has 0 N–H and O–H groups in total. The predicted octanol–water partition coefficient (Wildman–Crippen LogP) is 12.3. The van der Waals surface area contributed by atoms with Gasteiger partial charge >= 0.3 is 0 Å². The summed E-state index contributed by atoms with van der Waals surface area (Å²) in [4.78, 5) is 0. The van der Waals surface area contributed by atoms with Crippen molar-refractivity contribution in [1.82, 2.24) is 9.13 Å². The second-order valence-corrected chi connectivity index (χ2v) is 27.8. The van der Waals surface area contributed by atoms with E-state index in [-0.39, 0.29) is 0 Å². The lowest BCUT2D eigenvalue weighted by molar-refractivity contribution is 1.16. The molecule has 14 aromatic rings. The predicted molar refractivity (Wildman–Crippen MR) is 327 cm³/mol. The number of aromatic nitrogens is 2. The van der Waals surface area contributed by atoms with Gasteiger partial charge in [-0.2, -0.15) is 0 Å². The highest BCUT2D eigenvalue weighted by Crippen LogP contribution is 2.40. The van der Waals surface area contributed by atoms with E-state index in [9.17, 15) is 0 Å². The highest BCUT2D eigenvalue weighted by molar-refractivity contribution is 7.22. The highest BCUT2D eigenvalue weighted by Gasteiger charge is 2.50. The number of para-hydroxylation sites is 2. The summed E-state index contributed by atoms with van der Waals surface area (Å²) in [5.41, 5.74) is 12.2. The molecule has 1 aliphatic heterocycles. The van der Waals surface area contributed by atoms with Crippen molar-refractivity contribution in [2.24, 2.45) is 0 Å². The Morgan fingerprint density at radius 1 is 0.263 bits per heavy atom. The number of nitrogens with zero attached hydrogens (tertiary/aromatic N) is 2. The third kappa shape index (κ3) is 6.45. The molecule has 2 aromatic heterocycles. The Labute approximate surface area is 444 Å². The maximum atomic E-state index is 2.48. The van der Waals surface area contributed by atoms with E-state index in [2.05, 4.69) is 312 Å². The Morgan fingerprint density at radius 3 is 1.30 bits per heavy atom. The first kappa shape index (κ1) is 44.2. The standard InChI is InChI=1S/C72H50N2Si2/c1-6-23-54(24-7-1)75(55-25-8-2-9-26-55,56-27-10-3-11-28-56)59-45-42-52(43-46-59)73-67-38-19-16-33-61(67)63-47-44-53(50-70(63)73)74-68-39-20-17-34-62(68)66-49-51(41-48-69(66)74)60-36-22-37-65-64-35-18-21-40-71(64)76(72(60)65,57-29-12-4-13-30-57)58-31-14-5-15-32-58/h1-50H. The topological polar surface area (TPSA) is 9.86 Å². The van der Waals surface area contributed by atoms with Gasteiger partial charge in [0.2, 0.25) is 0 Å². The Balaban J connectivity index is 0.909. The zero-order valence-electron chi connectivity index (χ0n) is 41.8. The van der Waals surface area contributed by atoms with E-state index in [1.165, 1.54) is 107 Å². The molecule has 0 spiro atoms. The van der Waals surface area contributed by atoms with Gasteiger partial charge < -0.3 is 9.13 Å². The highest BCUT2D eigenvalue weighted by atomic mass is 28.3. The minimum Gasteiger partial charge on any atom is -0.309 e. The van der Waals surface area contributed by atoms with E-state index < -0.39 is 16.1 Å². The lowest BCUT2D eigenvalue weighted by atomic mass is 9.98. The molecule has 0 atom stereocenters. The molecule has 0 radical (unpaired) electrons. The Kier molecular flexibility index (Phi) is 10.3. The minimum atomic E-state index is -2.76. The molecule has 0 fully saturated rings. The summed E-state index contributed by atoms with van der Waals surface area (Å²) < 4.78 is 4.96. The smallest absolute Gasteiger partial charge is 0.181 e. The average Bonchev–Trinajstić information content (AvgIpc) is 4.32. The Morgan fingerprint density at radius 2 is 0.697 bits per heavy atom. The quantitative estimate of drug-likeness (QED) is 0.101. The van der Waals surface area contributed by atoms with E-state index in [0.29, 0.717) is 0 Å². The number of hydrogen-bond acceptors (Lipinski definition) is 0. The van der Waals surface area contributed by atoms with Crippen LogP contribution in [-0.4, -0.2) is 25.3 Å². The molecular formula is C72H50N2Si2. The van der Waals surface area contributed by atoms with Crippen molar-refractivity contribution in [2.45, 2.75) is 0 Å². The minimum absolute atomic E-state index is 1.13. The van der Waals surface area contributed by atoms with Crippen molar-refractivity contribution < 1.29 is 0 Å². The van der Waals surface area contributed by atoms with Crippen molar-refractivity contribution in [3.05, 3.63) is 303 Å². The largest absolute Gasteiger partial charge is 0.309 e. The van der Waals surface area contributed by atoms with Crippen LogP contribution in [0, 0.1) is 0 Å². The van der Waals surface area contributed by atoms with Gasteiger partial charge in [-0.3, -0.25) is 0 Å². The van der Waals surface area contributed by atoms with Crippen LogP contribution in [0.5, 0.6) is 0 Å². The van der Waals surface area contributed by atoms with E-state index in [1.54, 1.807) is 0 Å². The van der Waals surface area contributed by atoms with Crippen LogP contribution >= 0.6 is 0 Å². The van der Waals surface area contributed by atoms with Crippen LogP contribution in [0.25, 0.3) is 77.2 Å². The van der Waals surface area contributed by atoms with E-state index in [4.69, 9.17) is 0 Å². The molecule has 0 amide bonds. The maximum absolute atomic E-state index is 2.76. The molecule has 4 heteroatoms. The van der Waals surface area contributed by atoms with Crippen molar-refractivity contribution in [3.63, 3.8) is 0 Å². The summed E-state index contributed by atoms with van der Waals surface area (Å²) in [5.74, 6) is 0. The molecule has 1 aliphatic rings. The third-order valence-electron chi connectivity index (χ3n) is 16.6. The summed E-state index contributed by atoms with van der Waals surface area (Å²) in [6, 6.07) is 114. The van der Waals surface area contributed by atoms with Gasteiger partial charge in [-0.15, -0.1) is 0 Å². The SMILES string of the molecule is c1ccc([Si](c2ccccc2)(c2ccccc2)c2ccc(-n3c4ccccc4c4ccc(-n5c6ccccc6c6cc(-c7cccc8c7[Si](c7ccccc7)(c7ccccc7)c7ccccc7-8)ccc65)cc43)cc2)cc1. The molecule has 0 bridgehead atoms. The monoisotopic (exact) mass is 998 g/mol. The average molecular weight is 999 g/mol. The Hall–Kier alpha value is -9.33. The first-order valence-corrected chi connectivity index (χ1v) is 30.4. The normalized spacial score (nSPS) is 12.8. The van der Waals surface area contributed by atoms with Gasteiger partial charge in [-0.25, -0.2) is 0 Å². The molecule has 0 saturated carbocycles. The lowest BCUT2D eigenvalue weighted by Crippen LogP contribution is -2.74. The molecule has 76 heavy (non-hydrogen) atoms. The van der Waals surface area contributed by atoms with Crippen LogP contribution in [-0.2, 0) is 0 Å². The molecule has 0 aliphatic carbocycles. The zero-order chi connectivity index (χ0) is 50.2. The fourth-order valence-electron chi connectivity index (χ4n) is 13.5. The first-order valence-electron chi connectivity index (χ1n) is 26.4. The second-order valence-electron chi connectivity index (χ2n) is 20.3. The molecule has 0 saturated heterocycles. The molecule has 0 unspecified atom stereocenters. The summed E-state index contributed by atoms with van der Waals surface area (Å²) >= 11 is 0. The Bertz CT molecular complexity index is 4350. The molecule has 12 aromatic carbocycles. The summed E-state index contributed by atoms with van der Waals surface area (Å²) in [5, 5.41) is 16.1. The van der Waals surface area contributed by atoms with Gasteiger partial charge in [-0.05, 0) is 112 Å². The molecule has 3 heterocycles. The zero-order valence-corrected chi connectivity index (χ0v) is 43.8. The van der Waals surface area contributed by atoms with E-state index >= 15 is 0 Å². The van der Waals surface area contributed by atoms with Crippen LogP contribution < -0.4 is 41.5 Å². The van der Waals surface area contributed by atoms with Crippen LogP contribution in [0.3, 0.4) is 0 Å². The van der Waals surface area contributed by atoms with Crippen molar-refractivity contribution in [2.75, 3.05) is 0 Å². The van der Waals surface area contributed by atoms with Crippen molar-refractivity contribution in [1.29, 1.82) is 0 Å². The van der Waals surface area contributed by atoms with Gasteiger partial charge in [0, 0.05) is 32.9 Å². The molecule has 2 nitrogen and oxygen atoms in total. The van der Waals surface area contributed by atoms with Gasteiger partial charge in [0.15, 0.2) is 16.1 Å².